The molecule has 0 amide bonds. The number of thiophene rings is 1. The molecular formula is C17H20OS. The highest BCUT2D eigenvalue weighted by Crippen LogP contribution is 2.50. The minimum atomic E-state index is -0.373. The number of aryl methyl sites for hydroxylation is 1. The van der Waals surface area contributed by atoms with Gasteiger partial charge in [-0.25, -0.2) is 0 Å². The van der Waals surface area contributed by atoms with Crippen LogP contribution in [0.1, 0.15) is 47.8 Å². The topological polar surface area (TPSA) is 20.2 Å². The molecule has 1 aromatic carbocycles. The summed E-state index contributed by atoms with van der Waals surface area (Å²) in [4.78, 5) is 1.27. The predicted octanol–water partition coefficient (Wildman–Crippen LogP) is 4.60. The first-order valence-electron chi connectivity index (χ1n) is 7.01. The zero-order valence-electron chi connectivity index (χ0n) is 11.3. The SMILES string of the molecule is Cc1cc(C(O)C2(c3ccccc3)CCCC2)cs1. The van der Waals surface area contributed by atoms with E-state index in [-0.39, 0.29) is 11.5 Å². The van der Waals surface area contributed by atoms with Crippen molar-refractivity contribution in [3.05, 3.63) is 57.8 Å². The van der Waals surface area contributed by atoms with Crippen LogP contribution in [0, 0.1) is 6.92 Å². The zero-order valence-corrected chi connectivity index (χ0v) is 12.1. The Hall–Kier alpha value is -1.12. The van der Waals surface area contributed by atoms with Crippen molar-refractivity contribution in [3.63, 3.8) is 0 Å². The van der Waals surface area contributed by atoms with E-state index < -0.39 is 0 Å². The van der Waals surface area contributed by atoms with Gasteiger partial charge in [0, 0.05) is 10.3 Å². The van der Waals surface area contributed by atoms with E-state index >= 15 is 0 Å². The molecule has 3 rings (SSSR count). The van der Waals surface area contributed by atoms with E-state index in [1.807, 2.05) is 6.07 Å². The van der Waals surface area contributed by atoms with Crippen LogP contribution in [0.3, 0.4) is 0 Å². The van der Waals surface area contributed by atoms with Crippen LogP contribution in [0.5, 0.6) is 0 Å². The normalized spacial score (nSPS) is 19.5. The van der Waals surface area contributed by atoms with E-state index in [4.69, 9.17) is 0 Å². The predicted molar refractivity (Wildman–Crippen MR) is 80.6 cm³/mol. The highest BCUT2D eigenvalue weighted by atomic mass is 32.1. The van der Waals surface area contributed by atoms with E-state index in [9.17, 15) is 5.11 Å². The number of rotatable bonds is 3. The summed E-state index contributed by atoms with van der Waals surface area (Å²) in [5.41, 5.74) is 2.31. The first-order valence-corrected chi connectivity index (χ1v) is 7.89. The van der Waals surface area contributed by atoms with Gasteiger partial charge in [-0.05, 0) is 42.3 Å². The van der Waals surface area contributed by atoms with Crippen LogP contribution in [0.25, 0.3) is 0 Å². The second-order valence-electron chi connectivity index (χ2n) is 5.62. The fourth-order valence-corrected chi connectivity index (χ4v) is 4.15. The molecule has 1 aromatic heterocycles. The molecule has 19 heavy (non-hydrogen) atoms. The van der Waals surface area contributed by atoms with Gasteiger partial charge in [0.1, 0.15) is 0 Å². The molecule has 2 aromatic rings. The summed E-state index contributed by atoms with van der Waals surface area (Å²) in [7, 11) is 0. The summed E-state index contributed by atoms with van der Waals surface area (Å²) >= 11 is 1.73. The highest BCUT2D eigenvalue weighted by Gasteiger charge is 2.42. The summed E-state index contributed by atoms with van der Waals surface area (Å²) in [6, 6.07) is 12.7. The van der Waals surface area contributed by atoms with Crippen molar-refractivity contribution >= 4 is 11.3 Å². The maximum Gasteiger partial charge on any atom is 0.0894 e. The van der Waals surface area contributed by atoms with Crippen molar-refractivity contribution in [1.82, 2.24) is 0 Å². The lowest BCUT2D eigenvalue weighted by atomic mass is 9.72. The molecule has 100 valence electrons. The highest BCUT2D eigenvalue weighted by molar-refractivity contribution is 7.10. The van der Waals surface area contributed by atoms with Crippen molar-refractivity contribution in [2.45, 2.75) is 44.1 Å². The van der Waals surface area contributed by atoms with Crippen LogP contribution in [0.4, 0.5) is 0 Å². The molecular weight excluding hydrogens is 252 g/mol. The Kier molecular flexibility index (Phi) is 3.46. The first kappa shape index (κ1) is 12.9. The van der Waals surface area contributed by atoms with Crippen molar-refractivity contribution in [1.29, 1.82) is 0 Å². The van der Waals surface area contributed by atoms with Crippen LogP contribution in [0.15, 0.2) is 41.8 Å². The van der Waals surface area contributed by atoms with Gasteiger partial charge in [-0.15, -0.1) is 11.3 Å². The third kappa shape index (κ3) is 2.24. The fraction of sp³-hybridized carbons (Fsp3) is 0.412. The average Bonchev–Trinajstić information content (AvgIpc) is 3.08. The minimum absolute atomic E-state index is 0.0746. The van der Waals surface area contributed by atoms with E-state index in [2.05, 4.69) is 42.6 Å². The van der Waals surface area contributed by atoms with E-state index in [0.717, 1.165) is 18.4 Å². The van der Waals surface area contributed by atoms with Gasteiger partial charge in [0.15, 0.2) is 0 Å². The lowest BCUT2D eigenvalue weighted by Crippen LogP contribution is -2.30. The van der Waals surface area contributed by atoms with Gasteiger partial charge in [-0.3, -0.25) is 0 Å². The maximum atomic E-state index is 10.9. The maximum absolute atomic E-state index is 10.9. The third-order valence-corrected chi connectivity index (χ3v) is 5.31. The van der Waals surface area contributed by atoms with Gasteiger partial charge in [-0.1, -0.05) is 43.2 Å². The smallest absolute Gasteiger partial charge is 0.0894 e. The largest absolute Gasteiger partial charge is 0.387 e. The molecule has 2 heteroatoms. The number of hydrogen-bond donors (Lipinski definition) is 1. The molecule has 1 N–H and O–H groups in total. The molecule has 0 radical (unpaired) electrons. The summed E-state index contributed by atoms with van der Waals surface area (Å²) in [6.07, 6.45) is 4.24. The Bertz CT molecular complexity index is 537. The van der Waals surface area contributed by atoms with Crippen LogP contribution in [0.2, 0.25) is 0 Å². The minimum Gasteiger partial charge on any atom is -0.387 e. The second-order valence-corrected chi connectivity index (χ2v) is 6.74. The summed E-state index contributed by atoms with van der Waals surface area (Å²) in [5.74, 6) is 0. The van der Waals surface area contributed by atoms with Crippen LogP contribution in [-0.2, 0) is 5.41 Å². The molecule has 1 aliphatic rings. The van der Waals surface area contributed by atoms with Crippen LogP contribution in [-0.4, -0.2) is 5.11 Å². The average molecular weight is 272 g/mol. The molecule has 0 saturated heterocycles. The Morgan fingerprint density at radius 3 is 2.42 bits per heavy atom. The van der Waals surface area contributed by atoms with Crippen molar-refractivity contribution < 1.29 is 5.11 Å². The van der Waals surface area contributed by atoms with Gasteiger partial charge >= 0.3 is 0 Å². The molecule has 0 bridgehead atoms. The van der Waals surface area contributed by atoms with Crippen molar-refractivity contribution in [2.75, 3.05) is 0 Å². The van der Waals surface area contributed by atoms with Crippen LogP contribution >= 0.6 is 11.3 Å². The third-order valence-electron chi connectivity index (χ3n) is 4.43. The molecule has 1 atom stereocenters. The standard InChI is InChI=1S/C17H20OS/c1-13-11-14(12-19-13)16(18)17(9-5-6-10-17)15-7-3-2-4-8-15/h2-4,7-8,11-12,16,18H,5-6,9-10H2,1H3. The van der Waals surface area contributed by atoms with Crippen molar-refractivity contribution in [2.24, 2.45) is 0 Å². The Morgan fingerprint density at radius 2 is 1.84 bits per heavy atom. The summed E-state index contributed by atoms with van der Waals surface area (Å²) in [5, 5.41) is 13.1. The monoisotopic (exact) mass is 272 g/mol. The summed E-state index contributed by atoms with van der Waals surface area (Å²) < 4.78 is 0. The second kappa shape index (κ2) is 5.10. The number of aliphatic hydroxyl groups excluding tert-OH is 1. The molecule has 0 aliphatic heterocycles. The quantitative estimate of drug-likeness (QED) is 0.865. The Balaban J connectivity index is 2.01. The fourth-order valence-electron chi connectivity index (χ4n) is 3.42. The van der Waals surface area contributed by atoms with E-state index in [1.165, 1.54) is 23.3 Å². The Morgan fingerprint density at radius 1 is 1.16 bits per heavy atom. The molecule has 1 unspecified atom stereocenters. The summed E-state index contributed by atoms with van der Waals surface area (Å²) in [6.45, 7) is 2.10. The van der Waals surface area contributed by atoms with Gasteiger partial charge < -0.3 is 5.11 Å². The van der Waals surface area contributed by atoms with Crippen molar-refractivity contribution in [3.8, 4) is 0 Å². The number of benzene rings is 1. The van der Waals surface area contributed by atoms with Gasteiger partial charge in [0.2, 0.25) is 0 Å². The lowest BCUT2D eigenvalue weighted by Gasteiger charge is -2.34. The number of aliphatic hydroxyl groups is 1. The molecule has 1 saturated carbocycles. The van der Waals surface area contributed by atoms with E-state index in [1.54, 1.807) is 11.3 Å². The molecule has 1 aliphatic carbocycles. The molecule has 0 spiro atoms. The molecule has 1 fully saturated rings. The van der Waals surface area contributed by atoms with Gasteiger partial charge in [0.05, 0.1) is 6.10 Å². The zero-order chi connectivity index (χ0) is 13.3. The van der Waals surface area contributed by atoms with Gasteiger partial charge in [-0.2, -0.15) is 0 Å². The lowest BCUT2D eigenvalue weighted by molar-refractivity contribution is 0.0826. The Labute approximate surface area is 118 Å². The van der Waals surface area contributed by atoms with Crippen LogP contribution < -0.4 is 0 Å². The van der Waals surface area contributed by atoms with Gasteiger partial charge in [0.25, 0.3) is 0 Å². The molecule has 1 heterocycles. The molecule has 1 nitrogen and oxygen atoms in total. The number of hydrogen-bond acceptors (Lipinski definition) is 2. The van der Waals surface area contributed by atoms with E-state index in [0.29, 0.717) is 0 Å². The first-order chi connectivity index (χ1) is 9.22.